The predicted molar refractivity (Wildman–Crippen MR) is 175 cm³/mol. The van der Waals surface area contributed by atoms with Crippen LogP contribution in [-0.2, 0) is 28.6 Å². The average Bonchev–Trinajstić information content (AvgIpc) is 3.24. The van der Waals surface area contributed by atoms with Crippen LogP contribution in [0.5, 0.6) is 0 Å². The van der Waals surface area contributed by atoms with Gasteiger partial charge in [0.15, 0.2) is 0 Å². The minimum absolute atomic E-state index is 0.126. The molecule has 1 aliphatic rings. The summed E-state index contributed by atoms with van der Waals surface area (Å²) in [7, 11) is 0. The molecule has 44 heavy (non-hydrogen) atoms. The number of rotatable bonds is 17. The Bertz CT molecular complexity index is 1080. The Morgan fingerprint density at radius 2 is 1.70 bits per heavy atom. The van der Waals surface area contributed by atoms with E-state index in [9.17, 15) is 19.2 Å². The van der Waals surface area contributed by atoms with Crippen molar-refractivity contribution in [3.63, 3.8) is 0 Å². The largest absolute Gasteiger partial charge is 0.466 e. The van der Waals surface area contributed by atoms with Crippen molar-refractivity contribution in [2.75, 3.05) is 13.2 Å². The quantitative estimate of drug-likeness (QED) is 0.0750. The van der Waals surface area contributed by atoms with Crippen LogP contribution >= 0.6 is 0 Å². The first-order valence-corrected chi connectivity index (χ1v) is 16.7. The van der Waals surface area contributed by atoms with Gasteiger partial charge in [0.25, 0.3) is 0 Å². The molecular weight excluding hydrogens is 556 g/mol. The van der Waals surface area contributed by atoms with Crippen molar-refractivity contribution < 1.29 is 33.4 Å². The van der Waals surface area contributed by atoms with Crippen LogP contribution in [-0.4, -0.2) is 43.0 Å². The highest BCUT2D eigenvalue weighted by molar-refractivity contribution is 5.91. The number of benzene rings is 1. The number of allylic oxidation sites excluding steroid dienone is 1. The summed E-state index contributed by atoms with van der Waals surface area (Å²) in [4.78, 5) is 47.1. The maximum Gasteiger partial charge on any atom is 0.338 e. The van der Waals surface area contributed by atoms with E-state index in [0.29, 0.717) is 43.3 Å². The molecule has 0 amide bonds. The predicted octanol–water partition coefficient (Wildman–Crippen LogP) is 8.67. The van der Waals surface area contributed by atoms with Gasteiger partial charge in [-0.25, -0.2) is 4.79 Å². The van der Waals surface area contributed by atoms with Gasteiger partial charge in [-0.05, 0) is 95.8 Å². The Morgan fingerprint density at radius 3 is 2.32 bits per heavy atom. The fourth-order valence-corrected chi connectivity index (χ4v) is 5.76. The molecule has 1 saturated carbocycles. The molecule has 0 spiro atoms. The van der Waals surface area contributed by atoms with Gasteiger partial charge in [0.05, 0.1) is 18.8 Å². The molecule has 0 aliphatic heterocycles. The van der Waals surface area contributed by atoms with Gasteiger partial charge in [0.2, 0.25) is 0 Å². The number of carbonyl (C=O) groups is 4. The number of Topliss-reactive ketones (excluding diaryl/α,β-unsaturated/α-hetero) is 1. The van der Waals surface area contributed by atoms with Crippen LogP contribution in [0.15, 0.2) is 30.4 Å². The topological polar surface area (TPSA) is 96.0 Å². The summed E-state index contributed by atoms with van der Waals surface area (Å²) < 4.78 is 15.4. The lowest BCUT2D eigenvalue weighted by molar-refractivity contribution is -0.145. The maximum atomic E-state index is 12.7. The molecule has 1 fully saturated rings. The Labute approximate surface area is 266 Å². The van der Waals surface area contributed by atoms with Crippen LogP contribution in [0.1, 0.15) is 134 Å². The summed E-state index contributed by atoms with van der Waals surface area (Å²) in [6, 6.07) is 5.70. The zero-order valence-electron chi connectivity index (χ0n) is 28.7. The molecule has 2 rings (SSSR count). The van der Waals surface area contributed by atoms with Gasteiger partial charge in [-0.3, -0.25) is 14.4 Å². The molecule has 4 atom stereocenters. The third kappa shape index (κ3) is 14.2. The first-order chi connectivity index (χ1) is 20.9. The Balaban J connectivity index is 0.000000617. The summed E-state index contributed by atoms with van der Waals surface area (Å²) in [6.07, 6.45) is 13.6. The highest BCUT2D eigenvalue weighted by atomic mass is 16.5. The molecule has 0 N–H and O–H groups in total. The van der Waals surface area contributed by atoms with Crippen molar-refractivity contribution >= 4 is 23.7 Å². The molecule has 1 aromatic carbocycles. The van der Waals surface area contributed by atoms with Gasteiger partial charge in [-0.1, -0.05) is 63.8 Å². The van der Waals surface area contributed by atoms with Crippen molar-refractivity contribution in [2.24, 2.45) is 17.3 Å². The summed E-state index contributed by atoms with van der Waals surface area (Å²) >= 11 is 0. The zero-order chi connectivity index (χ0) is 33.1. The summed E-state index contributed by atoms with van der Waals surface area (Å²) in [5.41, 5.74) is 2.44. The molecule has 7 nitrogen and oxygen atoms in total. The maximum absolute atomic E-state index is 12.7. The number of aryl methyl sites for hydroxylation is 2. The number of unbranched alkanes of at least 4 members (excludes halogenated alkanes) is 2. The number of carbonyl (C=O) groups excluding carboxylic acids is 4. The second kappa shape index (κ2) is 20.9. The third-order valence-corrected chi connectivity index (χ3v) is 8.52. The van der Waals surface area contributed by atoms with E-state index in [1.807, 2.05) is 45.0 Å². The van der Waals surface area contributed by atoms with E-state index < -0.39 is 0 Å². The van der Waals surface area contributed by atoms with Crippen LogP contribution in [0.2, 0.25) is 0 Å². The molecule has 0 bridgehead atoms. The first-order valence-electron chi connectivity index (χ1n) is 16.7. The molecule has 2 unspecified atom stereocenters. The normalized spacial score (nSPS) is 19.2. The Kier molecular flexibility index (Phi) is 18.6. The molecule has 0 aromatic heterocycles. The SMILES string of the molecule is CCCCCC(C=C[C@@H]1CCC(=O)[C@@]1(C)CCC(C)CCCC(=O)OCC)OC(C)=O.CCOC(=O)c1ccc(C)cc1C. The molecule has 0 radical (unpaired) electrons. The van der Waals surface area contributed by atoms with E-state index in [0.717, 1.165) is 68.9 Å². The third-order valence-electron chi connectivity index (χ3n) is 8.52. The van der Waals surface area contributed by atoms with Gasteiger partial charge in [-0.2, -0.15) is 0 Å². The molecule has 0 heterocycles. The molecule has 1 aromatic rings. The van der Waals surface area contributed by atoms with E-state index in [1.165, 1.54) is 6.92 Å². The van der Waals surface area contributed by atoms with Crippen LogP contribution in [0.4, 0.5) is 0 Å². The lowest BCUT2D eigenvalue weighted by Gasteiger charge is -2.30. The first kappa shape index (κ1) is 39.1. The van der Waals surface area contributed by atoms with E-state index in [1.54, 1.807) is 6.92 Å². The lowest BCUT2D eigenvalue weighted by Crippen LogP contribution is -2.29. The van der Waals surface area contributed by atoms with E-state index in [-0.39, 0.29) is 35.3 Å². The minimum Gasteiger partial charge on any atom is -0.466 e. The van der Waals surface area contributed by atoms with Gasteiger partial charge < -0.3 is 14.2 Å². The number of hydrogen-bond acceptors (Lipinski definition) is 7. The Hall–Kier alpha value is -2.96. The highest BCUT2D eigenvalue weighted by Gasteiger charge is 2.44. The summed E-state index contributed by atoms with van der Waals surface area (Å²) in [6.45, 7) is 16.3. The molecule has 248 valence electrons. The van der Waals surface area contributed by atoms with E-state index in [2.05, 4.69) is 26.8 Å². The molecule has 7 heteroatoms. The van der Waals surface area contributed by atoms with Crippen molar-refractivity contribution in [3.05, 3.63) is 47.0 Å². The van der Waals surface area contributed by atoms with Gasteiger partial charge in [0, 0.05) is 25.2 Å². The van der Waals surface area contributed by atoms with Crippen molar-refractivity contribution in [2.45, 2.75) is 132 Å². The highest BCUT2D eigenvalue weighted by Crippen LogP contribution is 2.45. The molecular formula is C37H58O7. The Morgan fingerprint density at radius 1 is 1.00 bits per heavy atom. The van der Waals surface area contributed by atoms with E-state index >= 15 is 0 Å². The van der Waals surface area contributed by atoms with Crippen molar-refractivity contribution in [1.82, 2.24) is 0 Å². The van der Waals surface area contributed by atoms with Gasteiger partial charge in [-0.15, -0.1) is 0 Å². The van der Waals surface area contributed by atoms with Gasteiger partial charge in [0.1, 0.15) is 11.9 Å². The minimum atomic E-state index is -0.351. The van der Waals surface area contributed by atoms with Crippen molar-refractivity contribution in [3.8, 4) is 0 Å². The van der Waals surface area contributed by atoms with Gasteiger partial charge >= 0.3 is 17.9 Å². The standard InChI is InChI=1S/C26H44O5.C11H14O2/c1-6-8-9-12-23(31-21(4)27)16-14-22-15-17-24(28)26(22,5)19-18-20(3)11-10-13-25(29)30-7-2;1-4-13-11(12)10-6-5-8(2)7-9(10)3/h14,16,20,22-23H,6-13,15,17-19H2,1-5H3;5-7H,4H2,1-3H3/t20?,22-,23?,26+;/m1./s1. The van der Waals surface area contributed by atoms with Crippen LogP contribution in [0.25, 0.3) is 0 Å². The molecule has 0 saturated heterocycles. The number of hydrogen-bond donors (Lipinski definition) is 0. The second-order valence-electron chi connectivity index (χ2n) is 12.4. The summed E-state index contributed by atoms with van der Waals surface area (Å²) in [5, 5.41) is 0. The average molecular weight is 615 g/mol. The van der Waals surface area contributed by atoms with Crippen LogP contribution < -0.4 is 0 Å². The molecule has 1 aliphatic carbocycles. The fraction of sp³-hybridized carbons (Fsp3) is 0.676. The van der Waals surface area contributed by atoms with Crippen LogP contribution in [0, 0.1) is 31.1 Å². The fourth-order valence-electron chi connectivity index (χ4n) is 5.76. The summed E-state index contributed by atoms with van der Waals surface area (Å²) in [5.74, 6) is 0.381. The van der Waals surface area contributed by atoms with Crippen molar-refractivity contribution in [1.29, 1.82) is 0 Å². The number of esters is 3. The smallest absolute Gasteiger partial charge is 0.338 e. The second-order valence-corrected chi connectivity index (χ2v) is 12.4. The van der Waals surface area contributed by atoms with Crippen LogP contribution in [0.3, 0.4) is 0 Å². The monoisotopic (exact) mass is 614 g/mol. The van der Waals surface area contributed by atoms with E-state index in [4.69, 9.17) is 14.2 Å². The zero-order valence-corrected chi connectivity index (χ0v) is 28.7. The number of ketones is 1. The number of ether oxygens (including phenoxy) is 3. The lowest BCUT2D eigenvalue weighted by atomic mass is 9.73.